The molecule has 0 saturated heterocycles. The molecule has 0 aromatic rings. The first kappa shape index (κ1) is 20.2. The van der Waals surface area contributed by atoms with Crippen LogP contribution in [0.4, 0.5) is 4.79 Å². The highest BCUT2D eigenvalue weighted by atomic mass is 16.6. The SMILES string of the molecule is CCCC(CCC)NCCN(CCC)C(=O)OC(C)(C)C. The predicted molar refractivity (Wildman–Crippen MR) is 89.7 cm³/mol. The summed E-state index contributed by atoms with van der Waals surface area (Å²) in [7, 11) is 0. The molecule has 21 heavy (non-hydrogen) atoms. The Morgan fingerprint density at radius 1 is 1.05 bits per heavy atom. The molecule has 0 aliphatic rings. The minimum Gasteiger partial charge on any atom is -0.444 e. The lowest BCUT2D eigenvalue weighted by molar-refractivity contribution is 0.0250. The van der Waals surface area contributed by atoms with E-state index in [9.17, 15) is 4.79 Å². The molecule has 0 heterocycles. The van der Waals surface area contributed by atoms with Gasteiger partial charge in [-0.15, -0.1) is 0 Å². The molecule has 0 rings (SSSR count). The Morgan fingerprint density at radius 3 is 2.05 bits per heavy atom. The second-order valence-electron chi connectivity index (χ2n) is 6.70. The van der Waals surface area contributed by atoms with Crippen LogP contribution in [0.5, 0.6) is 0 Å². The van der Waals surface area contributed by atoms with Crippen LogP contribution in [0.15, 0.2) is 0 Å². The van der Waals surface area contributed by atoms with Crippen molar-refractivity contribution in [2.75, 3.05) is 19.6 Å². The third-order valence-corrected chi connectivity index (χ3v) is 3.23. The number of nitrogens with one attached hydrogen (secondary N) is 1. The van der Waals surface area contributed by atoms with E-state index < -0.39 is 5.60 Å². The molecule has 0 spiro atoms. The van der Waals surface area contributed by atoms with Gasteiger partial charge in [-0.25, -0.2) is 4.79 Å². The van der Waals surface area contributed by atoms with E-state index in [0.29, 0.717) is 12.6 Å². The fraction of sp³-hybridized carbons (Fsp3) is 0.941. The average Bonchev–Trinajstić information content (AvgIpc) is 2.36. The van der Waals surface area contributed by atoms with Gasteiger partial charge in [0, 0.05) is 25.7 Å². The zero-order valence-corrected chi connectivity index (χ0v) is 15.0. The van der Waals surface area contributed by atoms with Crippen LogP contribution in [-0.4, -0.2) is 42.3 Å². The van der Waals surface area contributed by atoms with Crippen LogP contribution in [0.2, 0.25) is 0 Å². The Hall–Kier alpha value is -0.770. The molecule has 4 heteroatoms. The van der Waals surface area contributed by atoms with Crippen LogP contribution in [0.1, 0.15) is 73.6 Å². The lowest BCUT2D eigenvalue weighted by atomic mass is 10.1. The Kier molecular flexibility index (Phi) is 10.5. The summed E-state index contributed by atoms with van der Waals surface area (Å²) in [6.45, 7) is 14.5. The Labute approximate surface area is 131 Å². The maximum atomic E-state index is 12.2. The van der Waals surface area contributed by atoms with E-state index in [1.165, 1.54) is 25.7 Å². The van der Waals surface area contributed by atoms with Crippen molar-refractivity contribution in [1.29, 1.82) is 0 Å². The fourth-order valence-corrected chi connectivity index (χ4v) is 2.34. The topological polar surface area (TPSA) is 41.6 Å². The van der Waals surface area contributed by atoms with Crippen molar-refractivity contribution < 1.29 is 9.53 Å². The summed E-state index contributed by atoms with van der Waals surface area (Å²) in [4.78, 5) is 14.0. The molecular formula is C17H36N2O2. The van der Waals surface area contributed by atoms with E-state index in [0.717, 1.165) is 19.5 Å². The van der Waals surface area contributed by atoms with Gasteiger partial charge in [0.2, 0.25) is 0 Å². The van der Waals surface area contributed by atoms with Crippen molar-refractivity contribution in [3.8, 4) is 0 Å². The first-order valence-electron chi connectivity index (χ1n) is 8.55. The van der Waals surface area contributed by atoms with Gasteiger partial charge in [0.05, 0.1) is 0 Å². The number of amides is 1. The van der Waals surface area contributed by atoms with Gasteiger partial charge in [-0.3, -0.25) is 0 Å². The normalized spacial score (nSPS) is 11.8. The second-order valence-corrected chi connectivity index (χ2v) is 6.70. The molecule has 0 bridgehead atoms. The number of rotatable bonds is 10. The van der Waals surface area contributed by atoms with Crippen LogP contribution >= 0.6 is 0 Å². The Morgan fingerprint density at radius 2 is 1.62 bits per heavy atom. The summed E-state index contributed by atoms with van der Waals surface area (Å²) in [6.07, 6.45) is 5.55. The van der Waals surface area contributed by atoms with E-state index in [2.05, 4.69) is 26.1 Å². The highest BCUT2D eigenvalue weighted by Gasteiger charge is 2.21. The summed E-state index contributed by atoms with van der Waals surface area (Å²) in [5, 5.41) is 3.58. The molecule has 1 amide bonds. The van der Waals surface area contributed by atoms with Crippen molar-refractivity contribution in [2.45, 2.75) is 85.3 Å². The molecule has 0 atom stereocenters. The van der Waals surface area contributed by atoms with Crippen molar-refractivity contribution in [3.63, 3.8) is 0 Å². The molecule has 0 aromatic carbocycles. The van der Waals surface area contributed by atoms with Gasteiger partial charge in [0.25, 0.3) is 0 Å². The zero-order chi connectivity index (χ0) is 16.3. The van der Waals surface area contributed by atoms with Gasteiger partial charge in [-0.1, -0.05) is 33.6 Å². The maximum Gasteiger partial charge on any atom is 0.410 e. The quantitative estimate of drug-likeness (QED) is 0.657. The van der Waals surface area contributed by atoms with Gasteiger partial charge in [0.1, 0.15) is 5.60 Å². The van der Waals surface area contributed by atoms with Gasteiger partial charge < -0.3 is 15.0 Å². The van der Waals surface area contributed by atoms with Crippen LogP contribution < -0.4 is 5.32 Å². The largest absolute Gasteiger partial charge is 0.444 e. The monoisotopic (exact) mass is 300 g/mol. The molecule has 0 fully saturated rings. The molecule has 0 aliphatic heterocycles. The highest BCUT2D eigenvalue weighted by molar-refractivity contribution is 5.68. The summed E-state index contributed by atoms with van der Waals surface area (Å²) in [6, 6.07) is 0.571. The molecule has 4 nitrogen and oxygen atoms in total. The van der Waals surface area contributed by atoms with Gasteiger partial charge >= 0.3 is 6.09 Å². The summed E-state index contributed by atoms with van der Waals surface area (Å²) in [5.74, 6) is 0. The number of ether oxygens (including phenoxy) is 1. The van der Waals surface area contributed by atoms with E-state index in [1.807, 2.05) is 25.7 Å². The Balaban J connectivity index is 4.27. The number of carbonyl (C=O) groups is 1. The van der Waals surface area contributed by atoms with Gasteiger partial charge in [-0.05, 0) is 40.0 Å². The molecule has 0 aromatic heterocycles. The summed E-state index contributed by atoms with van der Waals surface area (Å²) in [5.41, 5.74) is -0.427. The smallest absolute Gasteiger partial charge is 0.410 e. The van der Waals surface area contributed by atoms with Crippen molar-refractivity contribution in [3.05, 3.63) is 0 Å². The van der Waals surface area contributed by atoms with E-state index in [4.69, 9.17) is 4.74 Å². The zero-order valence-electron chi connectivity index (χ0n) is 15.0. The lowest BCUT2D eigenvalue weighted by Gasteiger charge is -2.28. The van der Waals surface area contributed by atoms with Crippen molar-refractivity contribution in [2.24, 2.45) is 0 Å². The molecule has 1 N–H and O–H groups in total. The summed E-state index contributed by atoms with van der Waals surface area (Å²) < 4.78 is 5.46. The van der Waals surface area contributed by atoms with Gasteiger partial charge in [0.15, 0.2) is 0 Å². The molecule has 126 valence electrons. The molecule has 0 radical (unpaired) electrons. The lowest BCUT2D eigenvalue weighted by Crippen LogP contribution is -2.42. The first-order valence-corrected chi connectivity index (χ1v) is 8.55. The molecule has 0 saturated carbocycles. The molecule has 0 aliphatic carbocycles. The number of carbonyl (C=O) groups excluding carboxylic acids is 1. The highest BCUT2D eigenvalue weighted by Crippen LogP contribution is 2.10. The predicted octanol–water partition coefficient (Wildman–Crippen LogP) is 4.19. The minimum absolute atomic E-state index is 0.200. The average molecular weight is 300 g/mol. The van der Waals surface area contributed by atoms with E-state index in [1.54, 1.807) is 0 Å². The minimum atomic E-state index is -0.427. The second kappa shape index (κ2) is 10.9. The van der Waals surface area contributed by atoms with E-state index in [-0.39, 0.29) is 6.09 Å². The fourth-order valence-electron chi connectivity index (χ4n) is 2.34. The third-order valence-electron chi connectivity index (χ3n) is 3.23. The molecule has 0 unspecified atom stereocenters. The van der Waals surface area contributed by atoms with Crippen LogP contribution in [-0.2, 0) is 4.74 Å². The number of hydrogen-bond acceptors (Lipinski definition) is 3. The standard InChI is InChI=1S/C17H36N2O2/c1-7-10-15(11-8-2)18-12-14-19(13-9-3)16(20)21-17(4,5)6/h15,18H,7-14H2,1-6H3. The van der Waals surface area contributed by atoms with Crippen LogP contribution in [0.3, 0.4) is 0 Å². The Bertz CT molecular complexity index is 268. The first-order chi connectivity index (χ1) is 9.84. The van der Waals surface area contributed by atoms with Crippen molar-refractivity contribution in [1.82, 2.24) is 10.2 Å². The van der Waals surface area contributed by atoms with E-state index >= 15 is 0 Å². The summed E-state index contributed by atoms with van der Waals surface area (Å²) >= 11 is 0. The maximum absolute atomic E-state index is 12.2. The van der Waals surface area contributed by atoms with Gasteiger partial charge in [-0.2, -0.15) is 0 Å². The number of nitrogens with zero attached hydrogens (tertiary/aromatic N) is 1. The van der Waals surface area contributed by atoms with Crippen LogP contribution in [0.25, 0.3) is 0 Å². The third kappa shape index (κ3) is 10.6. The molecular weight excluding hydrogens is 264 g/mol. The van der Waals surface area contributed by atoms with Crippen LogP contribution in [0, 0.1) is 0 Å². The van der Waals surface area contributed by atoms with Crippen molar-refractivity contribution >= 4 is 6.09 Å². The number of hydrogen-bond donors (Lipinski definition) is 1.